The fourth-order valence-corrected chi connectivity index (χ4v) is 3.32. The molecule has 0 aliphatic heterocycles. The Hall–Kier alpha value is -1.90. The van der Waals surface area contributed by atoms with E-state index in [1.807, 2.05) is 0 Å². The van der Waals surface area contributed by atoms with Gasteiger partial charge >= 0.3 is 18.0 Å². The quantitative estimate of drug-likeness (QED) is 0.517. The molecule has 0 bridgehead atoms. The number of halogens is 7. The van der Waals surface area contributed by atoms with Crippen LogP contribution >= 0.6 is 7.60 Å². The summed E-state index contributed by atoms with van der Waals surface area (Å²) in [5.41, 5.74) is -0.863. The van der Waals surface area contributed by atoms with Gasteiger partial charge in [0.25, 0.3) is 0 Å². The second-order valence-corrected chi connectivity index (χ2v) is 7.15. The molecule has 0 aromatic heterocycles. The van der Waals surface area contributed by atoms with Crippen molar-refractivity contribution in [2.75, 3.05) is 0 Å². The highest BCUT2D eigenvalue weighted by atomic mass is 31.2. The topological polar surface area (TPSA) is 49.4 Å². The first-order chi connectivity index (χ1) is 12.3. The summed E-state index contributed by atoms with van der Waals surface area (Å²) in [4.78, 5) is 12.2. The minimum Gasteiger partial charge on any atom is -0.775 e. The Morgan fingerprint density at radius 1 is 0.815 bits per heavy atom. The minimum absolute atomic E-state index is 0.656. The van der Waals surface area contributed by atoms with E-state index in [2.05, 4.69) is 4.52 Å². The highest BCUT2D eigenvalue weighted by molar-refractivity contribution is 7.59. The Morgan fingerprint density at radius 2 is 1.26 bits per heavy atom. The molecule has 27 heavy (non-hydrogen) atoms. The van der Waals surface area contributed by atoms with Crippen LogP contribution in [0.4, 0.5) is 30.7 Å². The summed E-state index contributed by atoms with van der Waals surface area (Å²) in [6.07, 6.45) is -10.0. The van der Waals surface area contributed by atoms with Crippen LogP contribution in [0.25, 0.3) is 0 Å². The second-order valence-electron chi connectivity index (χ2n) is 5.42. The molecule has 1 unspecified atom stereocenters. The normalized spacial score (nSPS) is 16.6. The molecular weight excluding hydrogens is 404 g/mol. The molecule has 0 spiro atoms. The highest BCUT2D eigenvalue weighted by Crippen LogP contribution is 2.56. The molecule has 0 amide bonds. The molecule has 0 saturated heterocycles. The van der Waals surface area contributed by atoms with Crippen molar-refractivity contribution in [2.45, 2.75) is 24.1 Å². The van der Waals surface area contributed by atoms with Crippen molar-refractivity contribution >= 4 is 12.9 Å². The Balaban J connectivity index is 2.55. The molecule has 0 heterocycles. The van der Waals surface area contributed by atoms with Gasteiger partial charge in [0.05, 0.1) is 0 Å². The summed E-state index contributed by atoms with van der Waals surface area (Å²) in [5, 5.41) is -0.656. The molecule has 2 rings (SSSR count). The third kappa shape index (κ3) is 4.17. The van der Waals surface area contributed by atoms with E-state index in [9.17, 15) is 40.2 Å². The van der Waals surface area contributed by atoms with Gasteiger partial charge in [0, 0.05) is 5.30 Å². The first kappa shape index (κ1) is 21.4. The third-order valence-electron chi connectivity index (χ3n) is 3.52. The number of alkyl halides is 7. The maximum Gasteiger partial charge on any atom is 0.459 e. The first-order valence-electron chi connectivity index (χ1n) is 7.23. The molecule has 2 aromatic carbocycles. The van der Waals surface area contributed by atoms with E-state index in [4.69, 9.17) is 0 Å². The first-order valence-corrected chi connectivity index (χ1v) is 8.77. The molecule has 11 heteroatoms. The van der Waals surface area contributed by atoms with Crippen molar-refractivity contribution in [3.05, 3.63) is 66.2 Å². The van der Waals surface area contributed by atoms with Crippen LogP contribution in [0, 0.1) is 0 Å². The second kappa shape index (κ2) is 7.26. The summed E-state index contributed by atoms with van der Waals surface area (Å²) in [5.74, 6) is -12.5. The van der Waals surface area contributed by atoms with Gasteiger partial charge in [0.2, 0.25) is 0 Å². The van der Waals surface area contributed by atoms with Gasteiger partial charge in [-0.2, -0.15) is 30.7 Å². The van der Waals surface area contributed by atoms with Crippen LogP contribution < -0.4 is 10.2 Å². The molecule has 0 aliphatic carbocycles. The van der Waals surface area contributed by atoms with E-state index >= 15 is 0 Å². The third-order valence-corrected chi connectivity index (χ3v) is 4.94. The molecular formula is C16H11F7O3P-. The summed E-state index contributed by atoms with van der Waals surface area (Å²) in [7, 11) is -5.42. The van der Waals surface area contributed by atoms with Crippen molar-refractivity contribution in [3.63, 3.8) is 0 Å². The zero-order valence-electron chi connectivity index (χ0n) is 13.2. The minimum atomic E-state index is -6.63. The van der Waals surface area contributed by atoms with E-state index in [-0.39, 0.29) is 0 Å². The standard InChI is InChI=1S/C16H12F7O3P/c17-14(18,15(19,20)16(21,22)23)13(11-7-3-1-4-8-11)26-27(24,25)12-9-5-2-6-10-12/h1-10,13H,(H,24,25)/p-1/t13-/m1/s1. The molecule has 2 aromatic rings. The average Bonchev–Trinajstić information content (AvgIpc) is 2.60. The monoisotopic (exact) mass is 415 g/mol. The Labute approximate surface area is 148 Å². The summed E-state index contributed by atoms with van der Waals surface area (Å²) >= 11 is 0. The predicted octanol–water partition coefficient (Wildman–Crippen LogP) is 4.46. The molecule has 148 valence electrons. The van der Waals surface area contributed by atoms with Gasteiger partial charge in [0.1, 0.15) is 0 Å². The van der Waals surface area contributed by atoms with Gasteiger partial charge in [-0.05, 0) is 5.56 Å². The summed E-state index contributed by atoms with van der Waals surface area (Å²) < 4.78 is 109. The van der Waals surface area contributed by atoms with Crippen LogP contribution in [0.15, 0.2) is 60.7 Å². The van der Waals surface area contributed by atoms with Gasteiger partial charge in [-0.1, -0.05) is 60.7 Å². The van der Waals surface area contributed by atoms with Crippen LogP contribution in [0.2, 0.25) is 0 Å². The number of rotatable bonds is 6. The van der Waals surface area contributed by atoms with Crippen LogP contribution in [0.1, 0.15) is 11.7 Å². The van der Waals surface area contributed by atoms with Gasteiger partial charge in [-0.25, -0.2) is 0 Å². The lowest BCUT2D eigenvalue weighted by molar-refractivity contribution is -0.372. The lowest BCUT2D eigenvalue weighted by Crippen LogP contribution is -2.55. The van der Waals surface area contributed by atoms with E-state index in [1.54, 1.807) is 0 Å². The number of hydrogen-bond acceptors (Lipinski definition) is 3. The summed E-state index contributed by atoms with van der Waals surface area (Å²) in [6.45, 7) is 0. The zero-order valence-corrected chi connectivity index (χ0v) is 14.1. The average molecular weight is 415 g/mol. The van der Waals surface area contributed by atoms with Crippen molar-refractivity contribution < 1.29 is 44.7 Å². The van der Waals surface area contributed by atoms with Crippen molar-refractivity contribution in [1.82, 2.24) is 0 Å². The van der Waals surface area contributed by atoms with E-state index < -0.39 is 42.6 Å². The Morgan fingerprint density at radius 3 is 1.70 bits per heavy atom. The lowest BCUT2D eigenvalue weighted by atomic mass is 9.98. The van der Waals surface area contributed by atoms with Crippen LogP contribution in [-0.4, -0.2) is 18.0 Å². The van der Waals surface area contributed by atoms with Crippen LogP contribution in [-0.2, 0) is 9.09 Å². The lowest BCUT2D eigenvalue weighted by Gasteiger charge is -2.37. The molecule has 0 fully saturated rings. The van der Waals surface area contributed by atoms with E-state index in [1.165, 1.54) is 24.3 Å². The number of hydrogen-bond donors (Lipinski definition) is 0. The largest absolute Gasteiger partial charge is 0.775 e. The molecule has 0 radical (unpaired) electrons. The zero-order chi connectivity index (χ0) is 20.5. The van der Waals surface area contributed by atoms with Crippen molar-refractivity contribution in [3.8, 4) is 0 Å². The van der Waals surface area contributed by atoms with Gasteiger partial charge < -0.3 is 14.0 Å². The number of benzene rings is 2. The molecule has 0 aliphatic rings. The molecule has 2 atom stereocenters. The fourth-order valence-electron chi connectivity index (χ4n) is 2.13. The van der Waals surface area contributed by atoms with E-state index in [0.717, 1.165) is 36.4 Å². The van der Waals surface area contributed by atoms with Crippen molar-refractivity contribution in [2.24, 2.45) is 0 Å². The van der Waals surface area contributed by atoms with Crippen LogP contribution in [0.3, 0.4) is 0 Å². The SMILES string of the molecule is O=P([O-])(O[C@H](c1ccccc1)C(F)(F)C(F)(F)C(F)(F)F)c1ccccc1. The molecule has 0 N–H and O–H groups in total. The van der Waals surface area contributed by atoms with Crippen LogP contribution in [0.5, 0.6) is 0 Å². The van der Waals surface area contributed by atoms with Gasteiger partial charge in [-0.3, -0.25) is 0 Å². The van der Waals surface area contributed by atoms with Gasteiger partial charge in [-0.15, -0.1) is 0 Å². The smallest absolute Gasteiger partial charge is 0.459 e. The maximum atomic E-state index is 14.2. The predicted molar refractivity (Wildman–Crippen MR) is 79.9 cm³/mol. The molecule has 3 nitrogen and oxygen atoms in total. The van der Waals surface area contributed by atoms with Gasteiger partial charge in [0.15, 0.2) is 13.7 Å². The fraction of sp³-hybridized carbons (Fsp3) is 0.250. The Bertz CT molecular complexity index is 810. The van der Waals surface area contributed by atoms with Crippen molar-refractivity contribution in [1.29, 1.82) is 0 Å². The molecule has 0 saturated carbocycles. The maximum absolute atomic E-state index is 14.2. The van der Waals surface area contributed by atoms with E-state index in [0.29, 0.717) is 0 Å². The highest BCUT2D eigenvalue weighted by Gasteiger charge is 2.76. The Kier molecular flexibility index (Phi) is 5.75. The summed E-state index contributed by atoms with van der Waals surface area (Å²) in [6, 6.07) is 10.5.